The second-order valence-corrected chi connectivity index (χ2v) is 10.9. The molecule has 0 saturated carbocycles. The lowest BCUT2D eigenvalue weighted by Gasteiger charge is -2.18. The minimum Gasteiger partial charge on any atom is -0.285 e. The van der Waals surface area contributed by atoms with Crippen LogP contribution in [0.5, 0.6) is 0 Å². The van der Waals surface area contributed by atoms with E-state index in [2.05, 4.69) is 74.7 Å². The summed E-state index contributed by atoms with van der Waals surface area (Å²) in [5.41, 5.74) is 0.750. The maximum atomic E-state index is 11.9. The SMILES string of the molecule is CCCCCCCCCC(c1c(I)cc(I)cc1I)S(=O)(=O)O. The van der Waals surface area contributed by atoms with Gasteiger partial charge in [-0.25, -0.2) is 0 Å². The summed E-state index contributed by atoms with van der Waals surface area (Å²) >= 11 is 6.55. The van der Waals surface area contributed by atoms with Gasteiger partial charge in [-0.15, -0.1) is 0 Å². The highest BCUT2D eigenvalue weighted by Gasteiger charge is 2.28. The average molecular weight is 676 g/mol. The first-order chi connectivity index (χ1) is 10.8. The number of benzene rings is 1. The number of rotatable bonds is 10. The Kier molecular flexibility index (Phi) is 10.8. The third-order valence-corrected chi connectivity index (χ3v) is 7.39. The van der Waals surface area contributed by atoms with Gasteiger partial charge in [-0.1, -0.05) is 51.9 Å². The Balaban J connectivity index is 2.73. The van der Waals surface area contributed by atoms with E-state index >= 15 is 0 Å². The van der Waals surface area contributed by atoms with Gasteiger partial charge in [-0.05, 0) is 91.9 Å². The van der Waals surface area contributed by atoms with Crippen molar-refractivity contribution in [1.29, 1.82) is 0 Å². The van der Waals surface area contributed by atoms with Crippen LogP contribution < -0.4 is 0 Å². The second-order valence-electron chi connectivity index (χ2n) is 5.70. The topological polar surface area (TPSA) is 54.4 Å². The molecule has 1 aromatic carbocycles. The van der Waals surface area contributed by atoms with Crippen LogP contribution in [-0.4, -0.2) is 13.0 Å². The summed E-state index contributed by atoms with van der Waals surface area (Å²) < 4.78 is 36.3. The average Bonchev–Trinajstić information content (AvgIpc) is 2.42. The normalized spacial score (nSPS) is 13.3. The van der Waals surface area contributed by atoms with Crippen molar-refractivity contribution < 1.29 is 13.0 Å². The first-order valence-corrected chi connectivity index (χ1v) is 12.6. The standard InChI is InChI=1S/C16H23I3O3S/c1-2-3-4-5-6-7-8-9-15(23(20,21)22)16-13(18)10-12(17)11-14(16)19/h10-11,15H,2-9H2,1H3,(H,20,21,22). The first-order valence-electron chi connectivity index (χ1n) is 7.88. The van der Waals surface area contributed by atoms with Crippen LogP contribution >= 0.6 is 67.8 Å². The Morgan fingerprint density at radius 2 is 1.43 bits per heavy atom. The molecule has 0 aromatic heterocycles. The molecule has 0 aliphatic heterocycles. The van der Waals surface area contributed by atoms with Gasteiger partial charge >= 0.3 is 0 Å². The fourth-order valence-electron chi connectivity index (χ4n) is 2.59. The molecule has 1 N–H and O–H groups in total. The van der Waals surface area contributed by atoms with Gasteiger partial charge in [0, 0.05) is 10.7 Å². The van der Waals surface area contributed by atoms with E-state index in [0.717, 1.165) is 35.5 Å². The van der Waals surface area contributed by atoms with Gasteiger partial charge in [0.2, 0.25) is 0 Å². The van der Waals surface area contributed by atoms with E-state index in [1.807, 2.05) is 12.1 Å². The molecule has 0 fully saturated rings. The Morgan fingerprint density at radius 3 is 1.91 bits per heavy atom. The van der Waals surface area contributed by atoms with Crippen molar-refractivity contribution >= 4 is 77.9 Å². The zero-order chi connectivity index (χ0) is 17.5. The van der Waals surface area contributed by atoms with Gasteiger partial charge in [0.25, 0.3) is 10.1 Å². The van der Waals surface area contributed by atoms with Crippen LogP contribution in [0.25, 0.3) is 0 Å². The van der Waals surface area contributed by atoms with Crippen LogP contribution in [0.2, 0.25) is 0 Å². The van der Waals surface area contributed by atoms with Crippen molar-refractivity contribution in [2.24, 2.45) is 0 Å². The predicted octanol–water partition coefficient (Wildman–Crippen LogP) is 6.57. The summed E-state index contributed by atoms with van der Waals surface area (Å²) in [4.78, 5) is 0. The van der Waals surface area contributed by atoms with Crippen molar-refractivity contribution in [2.75, 3.05) is 0 Å². The largest absolute Gasteiger partial charge is 0.285 e. The van der Waals surface area contributed by atoms with Crippen molar-refractivity contribution in [3.05, 3.63) is 28.4 Å². The molecule has 0 amide bonds. The third kappa shape index (κ3) is 8.04. The number of hydrogen-bond acceptors (Lipinski definition) is 2. The molecular formula is C16H23I3O3S. The molecule has 0 bridgehead atoms. The summed E-state index contributed by atoms with van der Waals surface area (Å²) in [5, 5.41) is -0.811. The zero-order valence-corrected chi connectivity index (χ0v) is 20.5. The molecule has 1 rings (SSSR count). The first kappa shape index (κ1) is 22.4. The highest BCUT2D eigenvalue weighted by molar-refractivity contribution is 14.1. The molecule has 23 heavy (non-hydrogen) atoms. The maximum Gasteiger partial charge on any atom is 0.272 e. The molecule has 7 heteroatoms. The Bertz CT molecular complexity index is 580. The predicted molar refractivity (Wildman–Crippen MR) is 121 cm³/mol. The van der Waals surface area contributed by atoms with Gasteiger partial charge in [-0.3, -0.25) is 4.55 Å². The van der Waals surface area contributed by atoms with E-state index < -0.39 is 15.4 Å². The van der Waals surface area contributed by atoms with E-state index in [9.17, 15) is 13.0 Å². The van der Waals surface area contributed by atoms with E-state index in [0.29, 0.717) is 6.42 Å². The molecule has 3 nitrogen and oxygen atoms in total. The van der Waals surface area contributed by atoms with Crippen LogP contribution in [0.3, 0.4) is 0 Å². The monoisotopic (exact) mass is 676 g/mol. The summed E-state index contributed by atoms with van der Waals surface area (Å²) in [7, 11) is -4.09. The molecule has 0 aliphatic rings. The third-order valence-electron chi connectivity index (χ3n) is 3.80. The van der Waals surface area contributed by atoms with Crippen molar-refractivity contribution in [1.82, 2.24) is 0 Å². The Hall–Kier alpha value is 1.32. The number of hydrogen-bond donors (Lipinski definition) is 1. The van der Waals surface area contributed by atoms with Crippen LogP contribution in [0, 0.1) is 10.7 Å². The Morgan fingerprint density at radius 1 is 0.957 bits per heavy atom. The summed E-state index contributed by atoms with van der Waals surface area (Å²) in [6.07, 6.45) is 8.44. The number of unbranched alkanes of at least 4 members (excludes halogenated alkanes) is 6. The minimum absolute atomic E-state index is 0.485. The molecule has 132 valence electrons. The van der Waals surface area contributed by atoms with Gasteiger partial charge in [0.1, 0.15) is 5.25 Å². The highest BCUT2D eigenvalue weighted by atomic mass is 127. The molecule has 1 atom stereocenters. The lowest BCUT2D eigenvalue weighted by Crippen LogP contribution is -2.15. The van der Waals surface area contributed by atoms with Crippen molar-refractivity contribution in [3.63, 3.8) is 0 Å². The van der Waals surface area contributed by atoms with E-state index in [-0.39, 0.29) is 0 Å². The minimum atomic E-state index is -4.09. The van der Waals surface area contributed by atoms with Crippen molar-refractivity contribution in [3.8, 4) is 0 Å². The molecule has 1 aromatic rings. The molecule has 0 aliphatic carbocycles. The molecule has 0 radical (unpaired) electrons. The Labute approximate surface area is 180 Å². The van der Waals surface area contributed by atoms with Gasteiger partial charge in [0.05, 0.1) is 0 Å². The maximum absolute atomic E-state index is 11.9. The molecule has 0 heterocycles. The fraction of sp³-hybridized carbons (Fsp3) is 0.625. The van der Waals surface area contributed by atoms with E-state index in [4.69, 9.17) is 0 Å². The van der Waals surface area contributed by atoms with Gasteiger partial charge < -0.3 is 0 Å². The van der Waals surface area contributed by atoms with Crippen LogP contribution in [-0.2, 0) is 10.1 Å². The van der Waals surface area contributed by atoms with Gasteiger partial charge in [-0.2, -0.15) is 8.42 Å². The molecule has 0 saturated heterocycles. The van der Waals surface area contributed by atoms with Crippen LogP contribution in [0.4, 0.5) is 0 Å². The second kappa shape index (κ2) is 11.1. The summed E-state index contributed by atoms with van der Waals surface area (Å²) in [5.74, 6) is 0. The molecular weight excluding hydrogens is 653 g/mol. The smallest absolute Gasteiger partial charge is 0.272 e. The summed E-state index contributed by atoms with van der Waals surface area (Å²) in [6, 6.07) is 3.92. The molecule has 1 unspecified atom stereocenters. The fourth-order valence-corrected chi connectivity index (χ4v) is 8.36. The van der Waals surface area contributed by atoms with Crippen LogP contribution in [0.1, 0.15) is 69.1 Å². The zero-order valence-electron chi connectivity index (χ0n) is 13.2. The van der Waals surface area contributed by atoms with E-state index in [1.54, 1.807) is 0 Å². The van der Waals surface area contributed by atoms with Crippen LogP contribution in [0.15, 0.2) is 12.1 Å². The molecule has 0 spiro atoms. The quantitative estimate of drug-likeness (QED) is 0.174. The summed E-state index contributed by atoms with van der Waals surface area (Å²) in [6.45, 7) is 2.20. The lowest BCUT2D eigenvalue weighted by atomic mass is 10.0. The van der Waals surface area contributed by atoms with E-state index in [1.165, 1.54) is 25.7 Å². The van der Waals surface area contributed by atoms with Gasteiger partial charge in [0.15, 0.2) is 0 Å². The number of halogens is 3. The highest BCUT2D eigenvalue weighted by Crippen LogP contribution is 2.35. The van der Waals surface area contributed by atoms with Crippen molar-refractivity contribution in [2.45, 2.75) is 63.5 Å². The lowest BCUT2D eigenvalue weighted by molar-refractivity contribution is 0.458.